The highest BCUT2D eigenvalue weighted by molar-refractivity contribution is 7.73. The maximum absolute atomic E-state index is 12.1. The molecule has 106 valence electrons. The maximum Gasteiger partial charge on any atom is 0.279 e. The minimum absolute atomic E-state index is 0.0814. The SMILES string of the molecule is O=CCCn1c(O)c(C2=c3ccccc3=NC2=O)sc1=S. The Balaban J connectivity index is 2.24. The van der Waals surface area contributed by atoms with Crippen molar-refractivity contribution in [2.45, 2.75) is 13.0 Å². The number of rotatable bonds is 4. The van der Waals surface area contributed by atoms with Crippen LogP contribution in [0.3, 0.4) is 0 Å². The smallest absolute Gasteiger partial charge is 0.279 e. The third kappa shape index (κ3) is 2.24. The van der Waals surface area contributed by atoms with E-state index in [1.165, 1.54) is 4.57 Å². The Labute approximate surface area is 128 Å². The molecule has 7 heteroatoms. The van der Waals surface area contributed by atoms with E-state index in [9.17, 15) is 14.7 Å². The molecule has 0 fully saturated rings. The van der Waals surface area contributed by atoms with E-state index in [0.29, 0.717) is 31.5 Å². The molecule has 1 aliphatic rings. The van der Waals surface area contributed by atoms with E-state index in [0.717, 1.165) is 17.6 Å². The standard InChI is InChI=1S/C14H10N2O3S2/c17-7-3-6-16-13(19)11(21-14(16)20)10-8-4-1-2-5-9(8)15-12(10)18/h1-2,4-5,7,19H,3,6H2. The molecule has 3 rings (SSSR count). The molecule has 1 aromatic heterocycles. The van der Waals surface area contributed by atoms with Gasteiger partial charge in [-0.05, 0) is 18.3 Å². The average molecular weight is 318 g/mol. The summed E-state index contributed by atoms with van der Waals surface area (Å²) in [4.78, 5) is 27.0. The molecule has 0 atom stereocenters. The normalized spacial score (nSPS) is 13.1. The molecule has 21 heavy (non-hydrogen) atoms. The Hall–Kier alpha value is -2.12. The van der Waals surface area contributed by atoms with Gasteiger partial charge in [-0.2, -0.15) is 0 Å². The van der Waals surface area contributed by atoms with Crippen molar-refractivity contribution in [3.05, 3.63) is 43.7 Å². The monoisotopic (exact) mass is 318 g/mol. The summed E-state index contributed by atoms with van der Waals surface area (Å²) in [5.74, 6) is -0.465. The Morgan fingerprint density at radius 2 is 2.14 bits per heavy atom. The average Bonchev–Trinajstić information content (AvgIpc) is 2.93. The number of carbonyl (C=O) groups is 2. The number of aromatic nitrogens is 1. The third-order valence-corrected chi connectivity index (χ3v) is 4.63. The third-order valence-electron chi connectivity index (χ3n) is 3.18. The highest BCUT2D eigenvalue weighted by Gasteiger charge is 2.24. The summed E-state index contributed by atoms with van der Waals surface area (Å²) in [6, 6.07) is 7.15. The minimum atomic E-state index is -0.384. The molecular weight excluding hydrogens is 308 g/mol. The number of carbonyl (C=O) groups excluding carboxylic acids is 2. The summed E-state index contributed by atoms with van der Waals surface area (Å²) in [5, 5.41) is 11.6. The molecule has 0 bridgehead atoms. The van der Waals surface area contributed by atoms with Crippen LogP contribution >= 0.6 is 23.6 Å². The van der Waals surface area contributed by atoms with Crippen LogP contribution in [-0.4, -0.2) is 21.9 Å². The Morgan fingerprint density at radius 3 is 2.90 bits per heavy atom. The summed E-state index contributed by atoms with van der Waals surface area (Å²) < 4.78 is 1.89. The number of fused-ring (bicyclic) bond motifs is 1. The van der Waals surface area contributed by atoms with Crippen molar-refractivity contribution in [3.63, 3.8) is 0 Å². The van der Waals surface area contributed by atoms with Crippen molar-refractivity contribution in [3.8, 4) is 5.88 Å². The van der Waals surface area contributed by atoms with Crippen LogP contribution in [0.2, 0.25) is 0 Å². The molecule has 1 N–H and O–H groups in total. The van der Waals surface area contributed by atoms with Gasteiger partial charge in [0.2, 0.25) is 5.88 Å². The van der Waals surface area contributed by atoms with E-state index >= 15 is 0 Å². The molecule has 0 saturated heterocycles. The summed E-state index contributed by atoms with van der Waals surface area (Å²) in [6.45, 7) is 0.297. The highest BCUT2D eigenvalue weighted by atomic mass is 32.1. The second-order valence-corrected chi connectivity index (χ2v) is 6.08. The fraction of sp³-hybridized carbons (Fsp3) is 0.143. The van der Waals surface area contributed by atoms with E-state index in [2.05, 4.69) is 4.99 Å². The fourth-order valence-electron chi connectivity index (χ4n) is 2.22. The molecule has 2 heterocycles. The van der Waals surface area contributed by atoms with Crippen molar-refractivity contribution < 1.29 is 14.7 Å². The Kier molecular flexibility index (Phi) is 3.52. The fourth-order valence-corrected chi connectivity index (χ4v) is 3.61. The van der Waals surface area contributed by atoms with Gasteiger partial charge in [-0.15, -0.1) is 11.3 Å². The summed E-state index contributed by atoms with van der Waals surface area (Å²) in [7, 11) is 0. The summed E-state index contributed by atoms with van der Waals surface area (Å²) in [5.41, 5.74) is 0.365. The predicted octanol–water partition coefficient (Wildman–Crippen LogP) is 0.932. The zero-order valence-electron chi connectivity index (χ0n) is 10.8. The number of benzene rings is 1. The van der Waals surface area contributed by atoms with Gasteiger partial charge in [0, 0.05) is 18.2 Å². The highest BCUT2D eigenvalue weighted by Crippen LogP contribution is 2.32. The predicted molar refractivity (Wildman–Crippen MR) is 80.2 cm³/mol. The number of hydrogen-bond donors (Lipinski definition) is 1. The molecule has 2 aromatic rings. The van der Waals surface area contributed by atoms with Crippen molar-refractivity contribution >= 4 is 41.3 Å². The lowest BCUT2D eigenvalue weighted by atomic mass is 10.1. The molecule has 0 unspecified atom stereocenters. The molecule has 1 amide bonds. The van der Waals surface area contributed by atoms with Gasteiger partial charge in [0.05, 0.1) is 10.9 Å². The van der Waals surface area contributed by atoms with Crippen molar-refractivity contribution in [2.24, 2.45) is 4.99 Å². The second-order valence-electron chi connectivity index (χ2n) is 4.44. The van der Waals surface area contributed by atoms with Crippen LogP contribution in [0.15, 0.2) is 29.3 Å². The van der Waals surface area contributed by atoms with Gasteiger partial charge in [-0.1, -0.05) is 18.2 Å². The molecule has 0 radical (unpaired) electrons. The zero-order valence-corrected chi connectivity index (χ0v) is 12.4. The van der Waals surface area contributed by atoms with Crippen LogP contribution in [-0.2, 0) is 16.1 Å². The zero-order chi connectivity index (χ0) is 15.0. The van der Waals surface area contributed by atoms with Crippen LogP contribution < -0.4 is 10.6 Å². The molecule has 5 nitrogen and oxygen atoms in total. The molecule has 0 aliphatic carbocycles. The van der Waals surface area contributed by atoms with Gasteiger partial charge in [0.1, 0.15) is 11.2 Å². The van der Waals surface area contributed by atoms with Crippen LogP contribution in [0.5, 0.6) is 5.88 Å². The number of aromatic hydroxyl groups is 1. The second kappa shape index (κ2) is 5.34. The van der Waals surface area contributed by atoms with Gasteiger partial charge < -0.3 is 9.90 Å². The number of para-hydroxylation sites is 1. The first kappa shape index (κ1) is 13.8. The number of amides is 1. The quantitative estimate of drug-likeness (QED) is 0.672. The summed E-state index contributed by atoms with van der Waals surface area (Å²) in [6.07, 6.45) is 1.01. The van der Waals surface area contributed by atoms with Gasteiger partial charge in [-0.3, -0.25) is 9.36 Å². The first-order chi connectivity index (χ1) is 10.1. The molecule has 0 saturated carbocycles. The minimum Gasteiger partial charge on any atom is -0.493 e. The van der Waals surface area contributed by atoms with E-state index in [-0.39, 0.29) is 18.2 Å². The van der Waals surface area contributed by atoms with Crippen molar-refractivity contribution in [1.29, 1.82) is 0 Å². The van der Waals surface area contributed by atoms with E-state index < -0.39 is 0 Å². The molecular formula is C14H10N2O3S2. The molecule has 1 aliphatic heterocycles. The van der Waals surface area contributed by atoms with E-state index in [1.807, 2.05) is 6.07 Å². The largest absolute Gasteiger partial charge is 0.493 e. The summed E-state index contributed by atoms with van der Waals surface area (Å²) >= 11 is 6.35. The topological polar surface area (TPSA) is 71.7 Å². The van der Waals surface area contributed by atoms with Crippen LogP contribution in [0.25, 0.3) is 5.57 Å². The molecule has 1 aromatic carbocycles. The first-order valence-electron chi connectivity index (χ1n) is 6.22. The molecule has 0 spiro atoms. The lowest BCUT2D eigenvalue weighted by molar-refractivity contribution is -0.112. The van der Waals surface area contributed by atoms with Gasteiger partial charge in [0.15, 0.2) is 3.95 Å². The maximum atomic E-state index is 12.1. The van der Waals surface area contributed by atoms with Gasteiger partial charge in [0.25, 0.3) is 5.91 Å². The Morgan fingerprint density at radius 1 is 1.38 bits per heavy atom. The number of nitrogens with zero attached hydrogens (tertiary/aromatic N) is 2. The number of aldehydes is 1. The first-order valence-corrected chi connectivity index (χ1v) is 7.45. The van der Waals surface area contributed by atoms with Gasteiger partial charge in [-0.25, -0.2) is 4.99 Å². The van der Waals surface area contributed by atoms with E-state index in [4.69, 9.17) is 12.2 Å². The van der Waals surface area contributed by atoms with E-state index in [1.54, 1.807) is 18.2 Å². The lowest BCUT2D eigenvalue weighted by Gasteiger charge is -2.02. The van der Waals surface area contributed by atoms with Crippen molar-refractivity contribution in [2.75, 3.05) is 0 Å². The van der Waals surface area contributed by atoms with Gasteiger partial charge >= 0.3 is 0 Å². The lowest BCUT2D eigenvalue weighted by Crippen LogP contribution is -2.22. The Bertz CT molecular complexity index is 924. The number of thiazole rings is 1. The van der Waals surface area contributed by atoms with Crippen LogP contribution in [0.1, 0.15) is 11.3 Å². The van der Waals surface area contributed by atoms with Crippen LogP contribution in [0, 0.1) is 3.95 Å². The van der Waals surface area contributed by atoms with Crippen LogP contribution in [0.4, 0.5) is 0 Å². The van der Waals surface area contributed by atoms with Crippen molar-refractivity contribution in [1.82, 2.24) is 4.57 Å². The number of hydrogen-bond acceptors (Lipinski definition) is 5.